The molecule has 3 rings (SSSR count). The van der Waals surface area contributed by atoms with Crippen LogP contribution in [-0.2, 0) is 6.42 Å². The number of pyridine rings is 1. The van der Waals surface area contributed by atoms with Crippen LogP contribution in [-0.4, -0.2) is 22.0 Å². The summed E-state index contributed by atoms with van der Waals surface area (Å²) in [4.78, 5) is 29.3. The number of carbonyl (C=O) groups is 2. The van der Waals surface area contributed by atoms with Crippen LogP contribution in [0, 0.1) is 5.92 Å². The van der Waals surface area contributed by atoms with E-state index in [4.69, 9.17) is 10.8 Å². The summed E-state index contributed by atoms with van der Waals surface area (Å²) in [5, 5.41) is 12.5. The number of nitrogens with two attached hydrogens (primary N) is 1. The van der Waals surface area contributed by atoms with Crippen molar-refractivity contribution < 1.29 is 14.7 Å². The van der Waals surface area contributed by atoms with E-state index in [9.17, 15) is 9.59 Å². The third kappa shape index (κ3) is 3.67. The van der Waals surface area contributed by atoms with E-state index in [2.05, 4.69) is 24.1 Å². The second-order valence-corrected chi connectivity index (χ2v) is 7.44. The molecule has 0 atom stereocenters. The van der Waals surface area contributed by atoms with Crippen molar-refractivity contribution in [2.45, 2.75) is 20.3 Å². The Bertz CT molecular complexity index is 995. The number of nitrogens with one attached hydrogen (secondary N) is 1. The van der Waals surface area contributed by atoms with Crippen LogP contribution in [0.25, 0.3) is 10.2 Å². The third-order valence-electron chi connectivity index (χ3n) is 3.84. The van der Waals surface area contributed by atoms with Crippen molar-refractivity contribution in [3.63, 3.8) is 0 Å². The predicted molar refractivity (Wildman–Crippen MR) is 104 cm³/mol. The van der Waals surface area contributed by atoms with Crippen LogP contribution >= 0.6 is 11.3 Å². The molecule has 0 saturated carbocycles. The highest BCUT2D eigenvalue weighted by atomic mass is 32.1. The number of aromatic nitrogens is 1. The first kappa shape index (κ1) is 17.9. The number of thiophene rings is 1. The molecule has 0 fully saturated rings. The van der Waals surface area contributed by atoms with Gasteiger partial charge in [0.2, 0.25) is 0 Å². The Morgan fingerprint density at radius 2 is 2.04 bits per heavy atom. The average Bonchev–Trinajstić information content (AvgIpc) is 2.91. The van der Waals surface area contributed by atoms with Gasteiger partial charge in [-0.05, 0) is 42.7 Å². The number of hydrogen-bond donors (Lipinski definition) is 3. The maximum atomic E-state index is 12.6. The number of carbonyl (C=O) groups excluding carboxylic acids is 1. The first-order valence-electron chi connectivity index (χ1n) is 8.17. The lowest BCUT2D eigenvalue weighted by Gasteiger charge is -2.05. The smallest absolute Gasteiger partial charge is 0.335 e. The number of benzene rings is 1. The second-order valence-electron chi connectivity index (χ2n) is 6.44. The van der Waals surface area contributed by atoms with Gasteiger partial charge in [-0.25, -0.2) is 9.78 Å². The molecule has 7 heteroatoms. The normalized spacial score (nSPS) is 11.0. The maximum Gasteiger partial charge on any atom is 0.335 e. The number of carboxylic acid groups (broad SMARTS) is 1. The number of carboxylic acids is 1. The number of amides is 1. The molecule has 0 saturated heterocycles. The highest BCUT2D eigenvalue weighted by Gasteiger charge is 2.18. The lowest BCUT2D eigenvalue weighted by Crippen LogP contribution is -2.12. The average molecular weight is 369 g/mol. The maximum absolute atomic E-state index is 12.6. The molecule has 0 aliphatic heterocycles. The molecule has 0 aliphatic carbocycles. The van der Waals surface area contributed by atoms with Crippen LogP contribution < -0.4 is 11.1 Å². The Labute approximate surface area is 154 Å². The van der Waals surface area contributed by atoms with Gasteiger partial charge in [0.25, 0.3) is 5.91 Å². The fraction of sp³-hybridized carbons (Fsp3) is 0.211. The van der Waals surface area contributed by atoms with Gasteiger partial charge >= 0.3 is 5.97 Å². The molecular formula is C19H19N3O3S. The summed E-state index contributed by atoms with van der Waals surface area (Å²) in [6, 6.07) is 9.91. The summed E-state index contributed by atoms with van der Waals surface area (Å²) in [5.41, 5.74) is 8.00. The lowest BCUT2D eigenvalue weighted by atomic mass is 10.1. The van der Waals surface area contributed by atoms with E-state index in [0.717, 1.165) is 22.3 Å². The minimum absolute atomic E-state index is 0.104. The predicted octanol–water partition coefficient (Wildman–Crippen LogP) is 4.03. The molecule has 1 amide bonds. The first-order chi connectivity index (χ1) is 12.3. The summed E-state index contributed by atoms with van der Waals surface area (Å²) in [5.74, 6) is -0.940. The van der Waals surface area contributed by atoms with Gasteiger partial charge in [-0.2, -0.15) is 0 Å². The van der Waals surface area contributed by atoms with Crippen LogP contribution in [0.2, 0.25) is 0 Å². The molecule has 0 radical (unpaired) electrons. The third-order valence-corrected chi connectivity index (χ3v) is 4.96. The molecule has 134 valence electrons. The molecule has 2 heterocycles. The molecule has 1 aromatic carbocycles. The number of nitrogen functional groups attached to an aromatic ring is 1. The zero-order valence-electron chi connectivity index (χ0n) is 14.4. The van der Waals surface area contributed by atoms with Gasteiger partial charge in [0.05, 0.1) is 11.3 Å². The zero-order valence-corrected chi connectivity index (χ0v) is 15.3. The van der Waals surface area contributed by atoms with E-state index in [0.29, 0.717) is 22.2 Å². The second kappa shape index (κ2) is 7.13. The topological polar surface area (TPSA) is 105 Å². The molecule has 0 aliphatic rings. The van der Waals surface area contributed by atoms with Gasteiger partial charge in [-0.3, -0.25) is 4.79 Å². The van der Waals surface area contributed by atoms with E-state index >= 15 is 0 Å². The molecule has 3 aromatic rings. The summed E-state index contributed by atoms with van der Waals surface area (Å²) < 4.78 is 0. The number of anilines is 2. The highest BCUT2D eigenvalue weighted by molar-refractivity contribution is 7.21. The molecule has 6 nitrogen and oxygen atoms in total. The monoisotopic (exact) mass is 369 g/mol. The van der Waals surface area contributed by atoms with Crippen LogP contribution in [0.3, 0.4) is 0 Å². The zero-order chi connectivity index (χ0) is 18.8. The number of nitrogens with zero attached hydrogens (tertiary/aromatic N) is 1. The minimum Gasteiger partial charge on any atom is -0.478 e. The van der Waals surface area contributed by atoms with E-state index in [1.807, 2.05) is 12.1 Å². The largest absolute Gasteiger partial charge is 0.478 e. The molecule has 0 bridgehead atoms. The van der Waals surface area contributed by atoms with E-state index in [-0.39, 0.29) is 11.5 Å². The molecule has 4 N–H and O–H groups in total. The molecule has 2 aromatic heterocycles. The standard InChI is InChI=1S/C19H19N3O3S/c1-10(2)8-13-6-7-14-15(20)16(26-18(14)22-13)17(23)21-12-5-3-4-11(9-12)19(24)25/h3-7,9-10H,8,20H2,1-2H3,(H,21,23)(H,24,25). The van der Waals surface area contributed by atoms with E-state index in [1.165, 1.54) is 23.5 Å². The summed E-state index contributed by atoms with van der Waals surface area (Å²) >= 11 is 1.24. The van der Waals surface area contributed by atoms with Crippen molar-refractivity contribution in [3.05, 3.63) is 52.5 Å². The number of fused-ring (bicyclic) bond motifs is 1. The van der Waals surface area contributed by atoms with Gasteiger partial charge < -0.3 is 16.2 Å². The van der Waals surface area contributed by atoms with Crippen molar-refractivity contribution in [2.75, 3.05) is 11.1 Å². The Balaban J connectivity index is 1.89. The van der Waals surface area contributed by atoms with Crippen molar-refractivity contribution in [2.24, 2.45) is 5.92 Å². The fourth-order valence-electron chi connectivity index (χ4n) is 2.65. The Kier molecular flexibility index (Phi) is 4.90. The van der Waals surface area contributed by atoms with E-state index in [1.54, 1.807) is 12.1 Å². The van der Waals surface area contributed by atoms with Crippen molar-refractivity contribution >= 4 is 44.8 Å². The Morgan fingerprint density at radius 1 is 1.27 bits per heavy atom. The number of hydrogen-bond acceptors (Lipinski definition) is 5. The molecular weight excluding hydrogens is 350 g/mol. The van der Waals surface area contributed by atoms with Gasteiger partial charge in [0.1, 0.15) is 9.71 Å². The van der Waals surface area contributed by atoms with Crippen LogP contribution in [0.1, 0.15) is 39.6 Å². The van der Waals surface area contributed by atoms with Gasteiger partial charge in [0.15, 0.2) is 0 Å². The van der Waals surface area contributed by atoms with Gasteiger partial charge in [-0.15, -0.1) is 11.3 Å². The van der Waals surface area contributed by atoms with Crippen LogP contribution in [0.4, 0.5) is 11.4 Å². The number of rotatable bonds is 5. The summed E-state index contributed by atoms with van der Waals surface area (Å²) in [6.45, 7) is 4.25. The first-order valence-corrected chi connectivity index (χ1v) is 8.99. The van der Waals surface area contributed by atoms with Crippen LogP contribution in [0.5, 0.6) is 0 Å². The Hall–Kier alpha value is -2.93. The van der Waals surface area contributed by atoms with Crippen molar-refractivity contribution in [1.82, 2.24) is 4.98 Å². The van der Waals surface area contributed by atoms with Crippen molar-refractivity contribution in [1.29, 1.82) is 0 Å². The summed E-state index contributed by atoms with van der Waals surface area (Å²) in [7, 11) is 0. The number of aromatic carboxylic acids is 1. The SMILES string of the molecule is CC(C)Cc1ccc2c(N)c(C(=O)Nc3cccc(C(=O)O)c3)sc2n1. The fourth-order valence-corrected chi connectivity index (χ4v) is 3.66. The van der Waals surface area contributed by atoms with Crippen LogP contribution in [0.15, 0.2) is 36.4 Å². The van der Waals surface area contributed by atoms with Gasteiger partial charge in [0, 0.05) is 16.8 Å². The quantitative estimate of drug-likeness (QED) is 0.630. The Morgan fingerprint density at radius 3 is 2.73 bits per heavy atom. The van der Waals surface area contributed by atoms with E-state index < -0.39 is 5.97 Å². The molecule has 0 spiro atoms. The van der Waals surface area contributed by atoms with Gasteiger partial charge in [-0.1, -0.05) is 19.9 Å². The van der Waals surface area contributed by atoms with Crippen molar-refractivity contribution in [3.8, 4) is 0 Å². The summed E-state index contributed by atoms with van der Waals surface area (Å²) in [6.07, 6.45) is 0.858. The lowest BCUT2D eigenvalue weighted by molar-refractivity contribution is 0.0696. The highest BCUT2D eigenvalue weighted by Crippen LogP contribution is 2.33. The minimum atomic E-state index is -1.05. The molecule has 0 unspecified atom stereocenters. The molecule has 26 heavy (non-hydrogen) atoms.